The van der Waals surface area contributed by atoms with Gasteiger partial charge in [0, 0.05) is 10.1 Å². The molecule has 0 spiro atoms. The summed E-state index contributed by atoms with van der Waals surface area (Å²) in [5.41, 5.74) is 1.60. The second kappa shape index (κ2) is 2.29. The fraction of sp³-hybridized carbons (Fsp3) is 0.111. The van der Waals surface area contributed by atoms with E-state index in [9.17, 15) is 4.79 Å². The monoisotopic (exact) mass is 191 g/mol. The van der Waals surface area contributed by atoms with Crippen molar-refractivity contribution < 1.29 is 9.53 Å². The molecule has 3 rings (SSSR count). The van der Waals surface area contributed by atoms with Crippen molar-refractivity contribution in [2.24, 2.45) is 4.99 Å². The molecule has 2 aliphatic rings. The standard InChI is InChI=1S/C9H5NO2S/c11-9-7-5-2-1-3-6(5)13-8(7)10-4-12-9/h1-3H,4H2. The van der Waals surface area contributed by atoms with E-state index in [2.05, 4.69) is 4.99 Å². The van der Waals surface area contributed by atoms with Crippen LogP contribution in [0.25, 0.3) is 12.2 Å². The maximum Gasteiger partial charge on any atom is 0.343 e. The Balaban J connectivity index is 2.48. The lowest BCUT2D eigenvalue weighted by atomic mass is 10.2. The number of carbonyl (C=O) groups excluding carboxylic acids is 1. The van der Waals surface area contributed by atoms with Crippen LogP contribution < -0.4 is 9.20 Å². The van der Waals surface area contributed by atoms with Crippen LogP contribution in [0.2, 0.25) is 0 Å². The third-order valence-corrected chi connectivity index (χ3v) is 3.18. The van der Waals surface area contributed by atoms with E-state index in [0.29, 0.717) is 5.56 Å². The number of hydrogen-bond acceptors (Lipinski definition) is 4. The maximum absolute atomic E-state index is 11.4. The van der Waals surface area contributed by atoms with Gasteiger partial charge in [0.05, 0.1) is 0 Å². The van der Waals surface area contributed by atoms with Gasteiger partial charge in [0.15, 0.2) is 6.73 Å². The van der Waals surface area contributed by atoms with E-state index >= 15 is 0 Å². The number of nitrogens with zero attached hydrogens (tertiary/aromatic N) is 1. The van der Waals surface area contributed by atoms with Crippen LogP contribution in [0, 0.1) is 0 Å². The minimum absolute atomic E-state index is 0.162. The molecular weight excluding hydrogens is 186 g/mol. The van der Waals surface area contributed by atoms with Gasteiger partial charge in [-0.2, -0.15) is 0 Å². The number of fused-ring (bicyclic) bond motifs is 3. The van der Waals surface area contributed by atoms with E-state index in [1.165, 1.54) is 0 Å². The summed E-state index contributed by atoms with van der Waals surface area (Å²) in [7, 11) is 0. The van der Waals surface area contributed by atoms with Crippen LogP contribution in [0.3, 0.4) is 0 Å². The van der Waals surface area contributed by atoms with Crippen molar-refractivity contribution in [2.75, 3.05) is 6.73 Å². The number of rotatable bonds is 0. The Labute approximate surface area is 77.7 Å². The highest BCUT2D eigenvalue weighted by Crippen LogP contribution is 2.13. The maximum atomic E-state index is 11.4. The van der Waals surface area contributed by atoms with Gasteiger partial charge in [-0.1, -0.05) is 12.2 Å². The quantitative estimate of drug-likeness (QED) is 0.553. The molecule has 0 unspecified atom stereocenters. The Morgan fingerprint density at radius 3 is 3.38 bits per heavy atom. The predicted octanol–water partition coefficient (Wildman–Crippen LogP) is 0.303. The minimum Gasteiger partial charge on any atom is -0.439 e. The third-order valence-electron chi connectivity index (χ3n) is 2.07. The number of thiophene rings is 1. The van der Waals surface area contributed by atoms with Crippen LogP contribution in [0.15, 0.2) is 11.1 Å². The number of carbonyl (C=O) groups is 1. The molecule has 0 fully saturated rings. The van der Waals surface area contributed by atoms with Gasteiger partial charge in [-0.3, -0.25) is 0 Å². The van der Waals surface area contributed by atoms with Gasteiger partial charge < -0.3 is 4.74 Å². The highest BCUT2D eigenvalue weighted by molar-refractivity contribution is 7.08. The Morgan fingerprint density at radius 1 is 1.54 bits per heavy atom. The fourth-order valence-corrected chi connectivity index (χ4v) is 2.55. The van der Waals surface area contributed by atoms with E-state index in [1.54, 1.807) is 11.3 Å². The number of hydrogen-bond donors (Lipinski definition) is 0. The second-order valence-corrected chi connectivity index (χ2v) is 3.84. The number of cyclic esters (lactones) is 1. The molecule has 1 aromatic heterocycles. The summed E-state index contributed by atoms with van der Waals surface area (Å²) < 4.78 is 6.75. The lowest BCUT2D eigenvalue weighted by Crippen LogP contribution is -2.21. The van der Waals surface area contributed by atoms with Crippen LogP contribution >= 0.6 is 11.3 Å². The largest absolute Gasteiger partial charge is 0.439 e. The molecule has 0 radical (unpaired) electrons. The average Bonchev–Trinajstić information content (AvgIpc) is 2.62. The van der Waals surface area contributed by atoms with Crippen molar-refractivity contribution in [3.05, 3.63) is 26.4 Å². The zero-order valence-electron chi connectivity index (χ0n) is 6.61. The van der Waals surface area contributed by atoms with Crippen molar-refractivity contribution in [2.45, 2.75) is 0 Å². The molecule has 0 atom stereocenters. The molecule has 0 amide bonds. The third kappa shape index (κ3) is 0.833. The Hall–Kier alpha value is -1.42. The SMILES string of the molecule is O=C1OCN=c2sc3c(c21)C=CC=3. The number of ether oxygens (including phenoxy) is 1. The van der Waals surface area contributed by atoms with Crippen molar-refractivity contribution in [3.63, 3.8) is 0 Å². The first-order valence-corrected chi connectivity index (χ1v) is 4.71. The first kappa shape index (κ1) is 7.03. The molecule has 13 heavy (non-hydrogen) atoms. The first-order valence-electron chi connectivity index (χ1n) is 3.89. The smallest absolute Gasteiger partial charge is 0.343 e. The molecule has 0 N–H and O–H groups in total. The van der Waals surface area contributed by atoms with E-state index in [-0.39, 0.29) is 12.7 Å². The lowest BCUT2D eigenvalue weighted by Gasteiger charge is -2.04. The Bertz CT molecular complexity index is 539. The molecule has 1 aliphatic heterocycles. The number of esters is 1. The predicted molar refractivity (Wildman–Crippen MR) is 48.9 cm³/mol. The van der Waals surface area contributed by atoms with Crippen LogP contribution in [-0.4, -0.2) is 12.7 Å². The van der Waals surface area contributed by atoms with Crippen LogP contribution in [-0.2, 0) is 4.74 Å². The molecule has 1 aromatic rings. The van der Waals surface area contributed by atoms with E-state index in [0.717, 1.165) is 14.8 Å². The van der Waals surface area contributed by atoms with Gasteiger partial charge in [0.1, 0.15) is 10.2 Å². The van der Waals surface area contributed by atoms with Crippen molar-refractivity contribution in [1.82, 2.24) is 0 Å². The first-order chi connectivity index (χ1) is 6.36. The normalized spacial score (nSPS) is 17.1. The van der Waals surface area contributed by atoms with E-state index < -0.39 is 0 Å². The van der Waals surface area contributed by atoms with Crippen LogP contribution in [0.1, 0.15) is 15.9 Å². The molecule has 0 aromatic carbocycles. The molecular formula is C9H5NO2S. The van der Waals surface area contributed by atoms with Crippen molar-refractivity contribution in [1.29, 1.82) is 0 Å². The van der Waals surface area contributed by atoms with Crippen molar-refractivity contribution in [3.8, 4) is 0 Å². The molecule has 1 aliphatic carbocycles. The molecule has 2 heterocycles. The van der Waals surface area contributed by atoms with Crippen LogP contribution in [0.4, 0.5) is 0 Å². The Morgan fingerprint density at radius 2 is 2.46 bits per heavy atom. The summed E-state index contributed by atoms with van der Waals surface area (Å²) in [6.45, 7) is 0.162. The highest BCUT2D eigenvalue weighted by Gasteiger charge is 2.21. The number of allylic oxidation sites excluding steroid dienone is 1. The second-order valence-electron chi connectivity index (χ2n) is 2.80. The summed E-state index contributed by atoms with van der Waals surface area (Å²) >= 11 is 1.54. The molecule has 3 nitrogen and oxygen atoms in total. The lowest BCUT2D eigenvalue weighted by molar-refractivity contribution is 0.0493. The van der Waals surface area contributed by atoms with E-state index in [4.69, 9.17) is 4.74 Å². The van der Waals surface area contributed by atoms with Crippen LogP contribution in [0.5, 0.6) is 0 Å². The zero-order chi connectivity index (χ0) is 8.84. The van der Waals surface area contributed by atoms with Gasteiger partial charge in [-0.15, -0.1) is 11.3 Å². The van der Waals surface area contributed by atoms with Gasteiger partial charge >= 0.3 is 5.97 Å². The summed E-state index contributed by atoms with van der Waals surface area (Å²) in [6, 6.07) is 0. The van der Waals surface area contributed by atoms with Gasteiger partial charge in [-0.05, 0) is 6.08 Å². The highest BCUT2D eigenvalue weighted by atomic mass is 32.1. The summed E-state index contributed by atoms with van der Waals surface area (Å²) in [6.07, 6.45) is 5.84. The summed E-state index contributed by atoms with van der Waals surface area (Å²) in [4.78, 5) is 15.5. The topological polar surface area (TPSA) is 38.7 Å². The van der Waals surface area contributed by atoms with Gasteiger partial charge in [-0.25, -0.2) is 9.79 Å². The molecule has 0 saturated carbocycles. The van der Waals surface area contributed by atoms with Gasteiger partial charge in [0.25, 0.3) is 0 Å². The zero-order valence-corrected chi connectivity index (χ0v) is 7.43. The summed E-state index contributed by atoms with van der Waals surface area (Å²) in [5, 5.41) is 0. The fourth-order valence-electron chi connectivity index (χ4n) is 1.50. The molecule has 4 heteroatoms. The molecule has 64 valence electrons. The molecule has 0 saturated heterocycles. The van der Waals surface area contributed by atoms with E-state index in [1.807, 2.05) is 18.2 Å². The van der Waals surface area contributed by atoms with Crippen molar-refractivity contribution >= 4 is 29.5 Å². The minimum atomic E-state index is -0.248. The van der Waals surface area contributed by atoms with Gasteiger partial charge in [0.2, 0.25) is 0 Å². The molecule has 0 bridgehead atoms. The average molecular weight is 191 g/mol. The Kier molecular flexibility index (Phi) is 1.24. The summed E-state index contributed by atoms with van der Waals surface area (Å²) in [5.74, 6) is -0.248.